The van der Waals surface area contributed by atoms with Gasteiger partial charge in [-0.2, -0.15) is 0 Å². The van der Waals surface area contributed by atoms with Crippen LogP contribution in [0.2, 0.25) is 0 Å². The minimum absolute atomic E-state index is 0.0804. The number of carbonyl (C=O) groups excluding carboxylic acids is 1. The van der Waals surface area contributed by atoms with Crippen molar-refractivity contribution in [3.05, 3.63) is 35.6 Å². The molecule has 0 aliphatic heterocycles. The first-order valence-corrected chi connectivity index (χ1v) is 6.57. The van der Waals surface area contributed by atoms with Crippen LogP contribution < -0.4 is 0 Å². The highest BCUT2D eigenvalue weighted by Crippen LogP contribution is 2.08. The molecule has 0 saturated heterocycles. The van der Waals surface area contributed by atoms with E-state index < -0.39 is 0 Å². The number of rotatable bonds is 7. The van der Waals surface area contributed by atoms with E-state index in [9.17, 15) is 9.18 Å². The van der Waals surface area contributed by atoms with E-state index in [1.807, 2.05) is 14.0 Å². The predicted molar refractivity (Wildman–Crippen MR) is 73.4 cm³/mol. The molecule has 0 radical (unpaired) electrons. The van der Waals surface area contributed by atoms with E-state index >= 15 is 0 Å². The van der Waals surface area contributed by atoms with E-state index in [2.05, 4.69) is 4.90 Å². The van der Waals surface area contributed by atoms with E-state index in [1.165, 1.54) is 19.2 Å². The summed E-state index contributed by atoms with van der Waals surface area (Å²) in [6, 6.07) is 6.53. The molecule has 0 aliphatic rings. The van der Waals surface area contributed by atoms with Gasteiger partial charge in [0.15, 0.2) is 0 Å². The van der Waals surface area contributed by atoms with Crippen molar-refractivity contribution in [2.45, 2.75) is 19.8 Å². The zero-order valence-electron chi connectivity index (χ0n) is 11.9. The van der Waals surface area contributed by atoms with Gasteiger partial charge >= 0.3 is 5.97 Å². The van der Waals surface area contributed by atoms with Crippen molar-refractivity contribution in [3.8, 4) is 0 Å². The molecule has 19 heavy (non-hydrogen) atoms. The van der Waals surface area contributed by atoms with Crippen LogP contribution in [-0.4, -0.2) is 38.1 Å². The van der Waals surface area contributed by atoms with Crippen LogP contribution in [0.25, 0.3) is 0 Å². The molecule has 1 aromatic carbocycles. The molecule has 4 heteroatoms. The van der Waals surface area contributed by atoms with E-state index in [1.54, 1.807) is 12.1 Å². The van der Waals surface area contributed by atoms with Crippen LogP contribution >= 0.6 is 0 Å². The number of methoxy groups -OCH3 is 1. The summed E-state index contributed by atoms with van der Waals surface area (Å²) in [5.74, 6) is -0.451. The highest BCUT2D eigenvalue weighted by atomic mass is 19.1. The van der Waals surface area contributed by atoms with Crippen LogP contribution in [0, 0.1) is 11.7 Å². The van der Waals surface area contributed by atoms with Crippen molar-refractivity contribution in [2.75, 3.05) is 27.2 Å². The fourth-order valence-electron chi connectivity index (χ4n) is 1.98. The second-order valence-electron chi connectivity index (χ2n) is 4.77. The Morgan fingerprint density at radius 3 is 2.53 bits per heavy atom. The molecular weight excluding hydrogens is 245 g/mol. The van der Waals surface area contributed by atoms with Gasteiger partial charge < -0.3 is 9.64 Å². The summed E-state index contributed by atoms with van der Waals surface area (Å²) >= 11 is 0. The lowest BCUT2D eigenvalue weighted by Crippen LogP contribution is -2.32. The molecule has 0 N–H and O–H groups in total. The Morgan fingerprint density at radius 1 is 1.37 bits per heavy atom. The number of esters is 1. The van der Waals surface area contributed by atoms with Gasteiger partial charge in [0.05, 0.1) is 13.0 Å². The van der Waals surface area contributed by atoms with Gasteiger partial charge in [-0.05, 0) is 37.6 Å². The van der Waals surface area contributed by atoms with Gasteiger partial charge in [-0.1, -0.05) is 19.1 Å². The summed E-state index contributed by atoms with van der Waals surface area (Å²) in [5.41, 5.74) is 1.10. The maximum absolute atomic E-state index is 12.8. The molecular formula is C15H22FNO2. The van der Waals surface area contributed by atoms with Gasteiger partial charge in [0.25, 0.3) is 0 Å². The number of carbonyl (C=O) groups is 1. The molecule has 0 aliphatic carbocycles. The molecule has 0 amide bonds. The molecule has 0 bridgehead atoms. The van der Waals surface area contributed by atoms with Gasteiger partial charge in [0.2, 0.25) is 0 Å². The zero-order valence-corrected chi connectivity index (χ0v) is 11.9. The standard InChI is InChI=1S/C15H22FNO2/c1-4-13(15(18)19-3)11-17(2)10-9-12-5-7-14(16)8-6-12/h5-8,13H,4,9-11H2,1-3H3. The van der Waals surface area contributed by atoms with Crippen LogP contribution in [0.4, 0.5) is 4.39 Å². The van der Waals surface area contributed by atoms with Crippen molar-refractivity contribution in [3.63, 3.8) is 0 Å². The molecule has 1 atom stereocenters. The third-order valence-corrected chi connectivity index (χ3v) is 3.25. The van der Waals surface area contributed by atoms with Gasteiger partial charge in [-0.15, -0.1) is 0 Å². The van der Waals surface area contributed by atoms with Crippen LogP contribution in [0.5, 0.6) is 0 Å². The molecule has 0 fully saturated rings. The maximum atomic E-state index is 12.8. The lowest BCUT2D eigenvalue weighted by Gasteiger charge is -2.21. The van der Waals surface area contributed by atoms with Crippen molar-refractivity contribution in [2.24, 2.45) is 5.92 Å². The molecule has 0 saturated carbocycles. The Bertz CT molecular complexity index is 392. The average molecular weight is 267 g/mol. The van der Waals surface area contributed by atoms with E-state index in [4.69, 9.17) is 4.74 Å². The first-order chi connectivity index (χ1) is 9.06. The lowest BCUT2D eigenvalue weighted by atomic mass is 10.1. The topological polar surface area (TPSA) is 29.5 Å². The van der Waals surface area contributed by atoms with E-state index in [-0.39, 0.29) is 17.7 Å². The predicted octanol–water partition coefficient (Wildman–Crippen LogP) is 2.50. The first-order valence-electron chi connectivity index (χ1n) is 6.57. The number of hydrogen-bond acceptors (Lipinski definition) is 3. The molecule has 1 aromatic rings. The Kier molecular flexibility index (Phi) is 6.50. The van der Waals surface area contributed by atoms with Crippen LogP contribution in [-0.2, 0) is 16.0 Å². The largest absolute Gasteiger partial charge is 0.469 e. The third-order valence-electron chi connectivity index (χ3n) is 3.25. The quantitative estimate of drug-likeness (QED) is 0.711. The number of hydrogen-bond donors (Lipinski definition) is 0. The Hall–Kier alpha value is -1.42. The summed E-state index contributed by atoms with van der Waals surface area (Å²) in [4.78, 5) is 13.6. The molecule has 0 heterocycles. The molecule has 1 rings (SSSR count). The molecule has 1 unspecified atom stereocenters. The number of benzene rings is 1. The minimum atomic E-state index is -0.214. The summed E-state index contributed by atoms with van der Waals surface area (Å²) in [6.45, 7) is 3.50. The molecule has 106 valence electrons. The first kappa shape index (κ1) is 15.6. The molecule has 0 aromatic heterocycles. The number of ether oxygens (including phenoxy) is 1. The Balaban J connectivity index is 2.40. The van der Waals surface area contributed by atoms with Crippen molar-refractivity contribution >= 4 is 5.97 Å². The summed E-state index contributed by atoms with van der Waals surface area (Å²) in [5, 5.41) is 0. The molecule has 3 nitrogen and oxygen atoms in total. The van der Waals surface area contributed by atoms with Crippen molar-refractivity contribution < 1.29 is 13.9 Å². The second-order valence-corrected chi connectivity index (χ2v) is 4.77. The van der Waals surface area contributed by atoms with Crippen molar-refractivity contribution in [1.82, 2.24) is 4.90 Å². The fraction of sp³-hybridized carbons (Fsp3) is 0.533. The normalized spacial score (nSPS) is 12.5. The number of halogens is 1. The van der Waals surface area contributed by atoms with Gasteiger partial charge in [0, 0.05) is 13.1 Å². The summed E-state index contributed by atoms with van der Waals surface area (Å²) in [6.07, 6.45) is 1.61. The van der Waals surface area contributed by atoms with Gasteiger partial charge in [0.1, 0.15) is 5.82 Å². The average Bonchev–Trinajstić information content (AvgIpc) is 2.43. The number of nitrogens with zero attached hydrogens (tertiary/aromatic N) is 1. The summed E-state index contributed by atoms with van der Waals surface area (Å²) < 4.78 is 17.5. The minimum Gasteiger partial charge on any atom is -0.469 e. The summed E-state index contributed by atoms with van der Waals surface area (Å²) in [7, 11) is 3.40. The number of likely N-dealkylation sites (N-methyl/N-ethyl adjacent to an activating group) is 1. The van der Waals surface area contributed by atoms with E-state index in [0.717, 1.165) is 24.9 Å². The Morgan fingerprint density at radius 2 is 2.00 bits per heavy atom. The smallest absolute Gasteiger partial charge is 0.309 e. The van der Waals surface area contributed by atoms with Crippen LogP contribution in [0.1, 0.15) is 18.9 Å². The second kappa shape index (κ2) is 7.89. The van der Waals surface area contributed by atoms with Gasteiger partial charge in [-0.3, -0.25) is 4.79 Å². The van der Waals surface area contributed by atoms with Crippen LogP contribution in [0.3, 0.4) is 0 Å². The fourth-order valence-corrected chi connectivity index (χ4v) is 1.98. The lowest BCUT2D eigenvalue weighted by molar-refractivity contribution is -0.146. The van der Waals surface area contributed by atoms with Crippen molar-refractivity contribution in [1.29, 1.82) is 0 Å². The molecule has 0 spiro atoms. The van der Waals surface area contributed by atoms with E-state index in [0.29, 0.717) is 6.54 Å². The zero-order chi connectivity index (χ0) is 14.3. The third kappa shape index (κ3) is 5.39. The Labute approximate surface area is 114 Å². The maximum Gasteiger partial charge on any atom is 0.309 e. The monoisotopic (exact) mass is 267 g/mol. The highest BCUT2D eigenvalue weighted by molar-refractivity contribution is 5.72. The highest BCUT2D eigenvalue weighted by Gasteiger charge is 2.18. The van der Waals surface area contributed by atoms with Crippen LogP contribution in [0.15, 0.2) is 24.3 Å². The van der Waals surface area contributed by atoms with Gasteiger partial charge in [-0.25, -0.2) is 4.39 Å². The SMILES string of the molecule is CCC(CN(C)CCc1ccc(F)cc1)C(=O)OC.